The molecule has 0 radical (unpaired) electrons. The molecule has 0 bridgehead atoms. The van der Waals surface area contributed by atoms with E-state index >= 15 is 0 Å². The van der Waals surface area contributed by atoms with Crippen molar-refractivity contribution in [3.05, 3.63) is 35.9 Å². The Labute approximate surface area is 194 Å². The van der Waals surface area contributed by atoms with Crippen LogP contribution >= 0.6 is 0 Å². The van der Waals surface area contributed by atoms with Crippen molar-refractivity contribution in [1.29, 1.82) is 0 Å². The number of esters is 1. The van der Waals surface area contributed by atoms with Gasteiger partial charge in [-0.3, -0.25) is 9.59 Å². The summed E-state index contributed by atoms with van der Waals surface area (Å²) in [4.78, 5) is 22.6. The Kier molecular flexibility index (Phi) is 16.4. The highest BCUT2D eigenvalue weighted by molar-refractivity contribution is 5.66. The molecular weight excluding hydrogens is 404 g/mol. The maximum atomic E-state index is 11.6. The van der Waals surface area contributed by atoms with E-state index in [2.05, 4.69) is 6.92 Å². The molecule has 2 unspecified atom stereocenters. The Balaban J connectivity index is 2.46. The number of carboxylic acids is 1. The maximum Gasteiger partial charge on any atom is 0.303 e. The number of aliphatic carboxylic acids is 1. The number of benzene rings is 1. The SMILES string of the molecule is CCCCCCCCCCCC(CC(CCCC(=O)O)OCc1ccccc1)OC(C)=O. The summed E-state index contributed by atoms with van der Waals surface area (Å²) in [7, 11) is 0. The molecule has 5 nitrogen and oxygen atoms in total. The molecule has 2 atom stereocenters. The van der Waals surface area contributed by atoms with Crippen LogP contribution < -0.4 is 0 Å². The number of ether oxygens (including phenoxy) is 2. The minimum absolute atomic E-state index is 0.127. The van der Waals surface area contributed by atoms with Crippen molar-refractivity contribution in [2.45, 2.75) is 123 Å². The normalized spacial score (nSPS) is 12.9. The van der Waals surface area contributed by atoms with E-state index in [9.17, 15) is 9.59 Å². The first-order valence-corrected chi connectivity index (χ1v) is 12.6. The van der Waals surface area contributed by atoms with Crippen LogP contribution in [0.2, 0.25) is 0 Å². The summed E-state index contributed by atoms with van der Waals surface area (Å²) in [6, 6.07) is 9.95. The first kappa shape index (κ1) is 28.2. The average molecular weight is 449 g/mol. The number of rotatable bonds is 20. The molecule has 0 fully saturated rings. The third-order valence-corrected chi connectivity index (χ3v) is 5.73. The molecule has 0 aromatic heterocycles. The van der Waals surface area contributed by atoms with Gasteiger partial charge >= 0.3 is 11.9 Å². The van der Waals surface area contributed by atoms with Crippen molar-refractivity contribution in [2.24, 2.45) is 0 Å². The Morgan fingerprint density at radius 2 is 1.44 bits per heavy atom. The van der Waals surface area contributed by atoms with Gasteiger partial charge in [-0.05, 0) is 31.2 Å². The lowest BCUT2D eigenvalue weighted by Gasteiger charge is -2.24. The summed E-state index contributed by atoms with van der Waals surface area (Å²) in [6.07, 6.45) is 13.8. The Morgan fingerprint density at radius 3 is 2.03 bits per heavy atom. The highest BCUT2D eigenvalue weighted by Gasteiger charge is 2.20. The summed E-state index contributed by atoms with van der Waals surface area (Å²) in [5, 5.41) is 8.97. The van der Waals surface area contributed by atoms with Gasteiger partial charge in [-0.2, -0.15) is 0 Å². The molecule has 0 aliphatic heterocycles. The fourth-order valence-corrected chi connectivity index (χ4v) is 3.97. The van der Waals surface area contributed by atoms with Gasteiger partial charge in [0, 0.05) is 19.8 Å². The fraction of sp³-hybridized carbons (Fsp3) is 0.704. The van der Waals surface area contributed by atoms with E-state index in [1.807, 2.05) is 30.3 Å². The summed E-state index contributed by atoms with van der Waals surface area (Å²) in [6.45, 7) is 4.17. The van der Waals surface area contributed by atoms with Gasteiger partial charge in [0.1, 0.15) is 6.10 Å². The largest absolute Gasteiger partial charge is 0.481 e. The van der Waals surface area contributed by atoms with E-state index in [1.165, 1.54) is 51.9 Å². The van der Waals surface area contributed by atoms with Crippen LogP contribution in [0.15, 0.2) is 30.3 Å². The molecule has 5 heteroatoms. The fourth-order valence-electron chi connectivity index (χ4n) is 3.97. The van der Waals surface area contributed by atoms with Gasteiger partial charge in [-0.15, -0.1) is 0 Å². The monoisotopic (exact) mass is 448 g/mol. The maximum absolute atomic E-state index is 11.6. The van der Waals surface area contributed by atoms with E-state index in [4.69, 9.17) is 14.6 Å². The minimum atomic E-state index is -0.793. The van der Waals surface area contributed by atoms with Crippen molar-refractivity contribution >= 4 is 11.9 Å². The van der Waals surface area contributed by atoms with Gasteiger partial charge in [0.25, 0.3) is 0 Å². The number of carbonyl (C=O) groups is 2. The standard InChI is InChI=1S/C27H44O5/c1-3-4-5-6-7-8-9-10-14-18-26(32-23(2)28)21-25(19-15-20-27(29)30)31-22-24-16-12-11-13-17-24/h11-13,16-17,25-26H,3-10,14-15,18-22H2,1-2H3,(H,29,30). The van der Waals surface area contributed by atoms with Crippen LogP contribution in [-0.4, -0.2) is 29.3 Å². The molecule has 1 N–H and O–H groups in total. The molecule has 32 heavy (non-hydrogen) atoms. The van der Waals surface area contributed by atoms with Crippen LogP contribution in [0.5, 0.6) is 0 Å². The van der Waals surface area contributed by atoms with Crippen LogP contribution in [0.25, 0.3) is 0 Å². The first-order chi connectivity index (χ1) is 15.5. The second-order valence-electron chi connectivity index (χ2n) is 8.79. The molecule has 0 aliphatic carbocycles. The number of carbonyl (C=O) groups excluding carboxylic acids is 1. The van der Waals surface area contributed by atoms with Crippen molar-refractivity contribution in [1.82, 2.24) is 0 Å². The van der Waals surface area contributed by atoms with Crippen LogP contribution in [0.1, 0.15) is 109 Å². The number of unbranched alkanes of at least 4 members (excludes halogenated alkanes) is 8. The Morgan fingerprint density at radius 1 is 0.844 bits per heavy atom. The van der Waals surface area contributed by atoms with Crippen molar-refractivity contribution in [3.8, 4) is 0 Å². The van der Waals surface area contributed by atoms with Gasteiger partial charge in [-0.1, -0.05) is 88.6 Å². The molecule has 1 aromatic rings. The lowest BCUT2D eigenvalue weighted by molar-refractivity contribution is -0.148. The molecule has 0 saturated heterocycles. The molecule has 1 rings (SSSR count). The highest BCUT2D eigenvalue weighted by Crippen LogP contribution is 2.20. The smallest absolute Gasteiger partial charge is 0.303 e. The molecular formula is C27H44O5. The summed E-state index contributed by atoms with van der Waals surface area (Å²) >= 11 is 0. The summed E-state index contributed by atoms with van der Waals surface area (Å²) in [5.41, 5.74) is 1.08. The molecule has 0 amide bonds. The summed E-state index contributed by atoms with van der Waals surface area (Å²) < 4.78 is 11.7. The Bertz CT molecular complexity index is 601. The highest BCUT2D eigenvalue weighted by atomic mass is 16.5. The number of carboxylic acid groups (broad SMARTS) is 1. The van der Waals surface area contributed by atoms with Crippen LogP contribution in [-0.2, 0) is 25.7 Å². The van der Waals surface area contributed by atoms with E-state index in [0.717, 1.165) is 24.8 Å². The third-order valence-electron chi connectivity index (χ3n) is 5.73. The lowest BCUT2D eigenvalue weighted by atomic mass is 10.00. The van der Waals surface area contributed by atoms with Crippen molar-refractivity contribution in [3.63, 3.8) is 0 Å². The van der Waals surface area contributed by atoms with E-state index in [0.29, 0.717) is 25.9 Å². The topological polar surface area (TPSA) is 72.8 Å². The minimum Gasteiger partial charge on any atom is -0.481 e. The average Bonchev–Trinajstić information content (AvgIpc) is 2.76. The number of hydrogen-bond donors (Lipinski definition) is 1. The van der Waals surface area contributed by atoms with Crippen molar-refractivity contribution in [2.75, 3.05) is 0 Å². The lowest BCUT2D eigenvalue weighted by Crippen LogP contribution is -2.25. The van der Waals surface area contributed by atoms with Gasteiger partial charge in [0.2, 0.25) is 0 Å². The van der Waals surface area contributed by atoms with Gasteiger partial charge in [0.15, 0.2) is 0 Å². The van der Waals surface area contributed by atoms with Gasteiger partial charge in [0.05, 0.1) is 12.7 Å². The predicted molar refractivity (Wildman–Crippen MR) is 129 cm³/mol. The molecule has 182 valence electrons. The molecule has 1 aromatic carbocycles. The van der Waals surface area contributed by atoms with Crippen LogP contribution in [0.3, 0.4) is 0 Å². The van der Waals surface area contributed by atoms with E-state index < -0.39 is 5.97 Å². The quantitative estimate of drug-likeness (QED) is 0.171. The van der Waals surface area contributed by atoms with Crippen LogP contribution in [0.4, 0.5) is 0 Å². The molecule has 0 spiro atoms. The van der Waals surface area contributed by atoms with Crippen molar-refractivity contribution < 1.29 is 24.2 Å². The number of hydrogen-bond acceptors (Lipinski definition) is 4. The molecule has 0 saturated carbocycles. The predicted octanol–water partition coefficient (Wildman–Crippen LogP) is 7.07. The van der Waals surface area contributed by atoms with Gasteiger partial charge in [-0.25, -0.2) is 0 Å². The second-order valence-corrected chi connectivity index (χ2v) is 8.79. The van der Waals surface area contributed by atoms with E-state index in [1.54, 1.807) is 0 Å². The van der Waals surface area contributed by atoms with E-state index in [-0.39, 0.29) is 24.6 Å². The zero-order valence-corrected chi connectivity index (χ0v) is 20.2. The molecule has 0 heterocycles. The molecule has 0 aliphatic rings. The summed E-state index contributed by atoms with van der Waals surface area (Å²) in [5.74, 6) is -1.06. The zero-order valence-electron chi connectivity index (χ0n) is 20.2. The third kappa shape index (κ3) is 15.9. The second kappa shape index (κ2) is 18.7. The Hall–Kier alpha value is -1.88. The first-order valence-electron chi connectivity index (χ1n) is 12.6. The van der Waals surface area contributed by atoms with Crippen LogP contribution in [0, 0.1) is 0 Å². The van der Waals surface area contributed by atoms with Gasteiger partial charge < -0.3 is 14.6 Å². The zero-order chi connectivity index (χ0) is 23.4.